The van der Waals surface area contributed by atoms with Gasteiger partial charge in [0.15, 0.2) is 5.78 Å². The Morgan fingerprint density at radius 1 is 1.36 bits per heavy atom. The van der Waals surface area contributed by atoms with Crippen molar-refractivity contribution < 1.29 is 14.4 Å². The maximum Gasteiger partial charge on any atom is 0.235 e. The Bertz CT molecular complexity index is 267. The first-order chi connectivity index (χ1) is 6.04. The van der Waals surface area contributed by atoms with E-state index in [2.05, 4.69) is 5.32 Å². The topological polar surface area (TPSA) is 89.3 Å². The normalized spacial score (nSPS) is 25.2. The van der Waals surface area contributed by atoms with Crippen LogP contribution in [0.4, 0.5) is 0 Å². The van der Waals surface area contributed by atoms with Crippen molar-refractivity contribution in [1.29, 1.82) is 0 Å². The first kappa shape index (κ1) is 13.1. The number of nitrogens with two attached hydrogens (primary N) is 1. The SMILES string of the molecule is CC(=O)C(=O)C1CCN[C@@H]1C(N)=O.Cl. The summed E-state index contributed by atoms with van der Waals surface area (Å²) in [6.07, 6.45) is 0.506. The van der Waals surface area contributed by atoms with Crippen molar-refractivity contribution in [3.63, 3.8) is 0 Å². The van der Waals surface area contributed by atoms with Crippen LogP contribution in [0.5, 0.6) is 0 Å². The molecule has 1 aliphatic rings. The summed E-state index contributed by atoms with van der Waals surface area (Å²) < 4.78 is 0. The molecule has 0 spiro atoms. The second-order valence-electron chi connectivity index (χ2n) is 3.15. The van der Waals surface area contributed by atoms with E-state index in [1.807, 2.05) is 0 Å². The van der Waals surface area contributed by atoms with Gasteiger partial charge in [0.2, 0.25) is 11.7 Å². The quantitative estimate of drug-likeness (QED) is 0.599. The van der Waals surface area contributed by atoms with Gasteiger partial charge in [-0.15, -0.1) is 12.4 Å². The molecule has 1 aliphatic heterocycles. The zero-order chi connectivity index (χ0) is 10.0. The Labute approximate surface area is 87.8 Å². The molecule has 0 aromatic carbocycles. The van der Waals surface area contributed by atoms with Gasteiger partial charge in [-0.2, -0.15) is 0 Å². The van der Waals surface area contributed by atoms with Gasteiger partial charge in [-0.1, -0.05) is 0 Å². The fourth-order valence-corrected chi connectivity index (χ4v) is 1.55. The van der Waals surface area contributed by atoms with E-state index in [1.54, 1.807) is 0 Å². The van der Waals surface area contributed by atoms with E-state index in [0.717, 1.165) is 0 Å². The van der Waals surface area contributed by atoms with Gasteiger partial charge in [0.25, 0.3) is 0 Å². The summed E-state index contributed by atoms with van der Waals surface area (Å²) in [7, 11) is 0. The number of nitrogens with one attached hydrogen (secondary N) is 1. The molecule has 0 aromatic heterocycles. The number of rotatable bonds is 3. The van der Waals surface area contributed by atoms with Crippen LogP contribution in [0.25, 0.3) is 0 Å². The van der Waals surface area contributed by atoms with Gasteiger partial charge >= 0.3 is 0 Å². The lowest BCUT2D eigenvalue weighted by Crippen LogP contribution is -2.44. The predicted octanol–water partition coefficient (Wildman–Crippen LogP) is -0.970. The van der Waals surface area contributed by atoms with E-state index in [-0.39, 0.29) is 12.4 Å². The van der Waals surface area contributed by atoms with Gasteiger partial charge in [-0.05, 0) is 13.0 Å². The van der Waals surface area contributed by atoms with Gasteiger partial charge in [0, 0.05) is 6.92 Å². The molecule has 1 rings (SSSR count). The number of halogens is 1. The Morgan fingerprint density at radius 2 is 1.93 bits per heavy atom. The van der Waals surface area contributed by atoms with E-state index in [4.69, 9.17) is 5.73 Å². The van der Waals surface area contributed by atoms with Crippen molar-refractivity contribution in [1.82, 2.24) is 5.32 Å². The van der Waals surface area contributed by atoms with Crippen molar-refractivity contribution >= 4 is 29.9 Å². The monoisotopic (exact) mass is 220 g/mol. The molecule has 0 saturated carbocycles. The Hall–Kier alpha value is -0.940. The molecule has 5 nitrogen and oxygen atoms in total. The third kappa shape index (κ3) is 2.52. The molecule has 1 heterocycles. The molecule has 2 atom stereocenters. The molecule has 0 aromatic rings. The smallest absolute Gasteiger partial charge is 0.235 e. The number of hydrogen-bond donors (Lipinski definition) is 2. The standard InChI is InChI=1S/C8H12N2O3.ClH/c1-4(11)7(12)5-2-3-10-6(5)8(9)13;/h5-6,10H,2-3H2,1H3,(H2,9,13);1H/t5?,6-;/m0./s1. The van der Waals surface area contributed by atoms with Crippen LogP contribution in [0.2, 0.25) is 0 Å². The van der Waals surface area contributed by atoms with E-state index in [0.29, 0.717) is 13.0 Å². The summed E-state index contributed by atoms with van der Waals surface area (Å²) in [6, 6.07) is -0.670. The Morgan fingerprint density at radius 3 is 2.36 bits per heavy atom. The maximum absolute atomic E-state index is 11.3. The third-order valence-electron chi connectivity index (χ3n) is 2.21. The summed E-state index contributed by atoms with van der Waals surface area (Å²) >= 11 is 0. The maximum atomic E-state index is 11.3. The molecule has 80 valence electrons. The van der Waals surface area contributed by atoms with Crippen LogP contribution in [0.3, 0.4) is 0 Å². The van der Waals surface area contributed by atoms with Gasteiger partial charge in [-0.3, -0.25) is 14.4 Å². The summed E-state index contributed by atoms with van der Waals surface area (Å²) in [5.41, 5.74) is 5.06. The van der Waals surface area contributed by atoms with E-state index < -0.39 is 29.4 Å². The van der Waals surface area contributed by atoms with E-state index >= 15 is 0 Å². The lowest BCUT2D eigenvalue weighted by Gasteiger charge is -2.12. The molecular formula is C8H13ClN2O3. The van der Waals surface area contributed by atoms with Crippen LogP contribution in [0, 0.1) is 5.92 Å². The number of carbonyl (C=O) groups excluding carboxylic acids is 3. The molecule has 1 fully saturated rings. The number of carbonyl (C=O) groups is 3. The molecule has 6 heteroatoms. The molecular weight excluding hydrogens is 208 g/mol. The molecule has 0 radical (unpaired) electrons. The van der Waals surface area contributed by atoms with Gasteiger partial charge < -0.3 is 11.1 Å². The molecule has 1 unspecified atom stereocenters. The zero-order valence-electron chi connectivity index (χ0n) is 7.78. The first-order valence-electron chi connectivity index (χ1n) is 4.11. The number of amides is 1. The van der Waals surface area contributed by atoms with Crippen LogP contribution < -0.4 is 11.1 Å². The van der Waals surface area contributed by atoms with Crippen LogP contribution in [0.1, 0.15) is 13.3 Å². The molecule has 0 bridgehead atoms. The number of primary amides is 1. The summed E-state index contributed by atoms with van der Waals surface area (Å²) in [4.78, 5) is 32.9. The minimum absolute atomic E-state index is 0. The Balaban J connectivity index is 0.00000169. The van der Waals surface area contributed by atoms with Gasteiger partial charge in [0.1, 0.15) is 0 Å². The largest absolute Gasteiger partial charge is 0.368 e. The van der Waals surface area contributed by atoms with Gasteiger partial charge in [0.05, 0.1) is 12.0 Å². The zero-order valence-corrected chi connectivity index (χ0v) is 8.60. The fourth-order valence-electron chi connectivity index (χ4n) is 1.55. The fraction of sp³-hybridized carbons (Fsp3) is 0.625. The molecule has 1 amide bonds. The minimum atomic E-state index is -0.670. The lowest BCUT2D eigenvalue weighted by molar-refractivity contribution is -0.139. The predicted molar refractivity (Wildman–Crippen MR) is 52.0 cm³/mol. The highest BCUT2D eigenvalue weighted by Crippen LogP contribution is 2.16. The highest BCUT2D eigenvalue weighted by molar-refractivity contribution is 6.37. The molecule has 14 heavy (non-hydrogen) atoms. The molecule has 3 N–H and O–H groups in total. The summed E-state index contributed by atoms with van der Waals surface area (Å²) in [5.74, 6) is -2.15. The molecule has 1 saturated heterocycles. The van der Waals surface area contributed by atoms with Crippen molar-refractivity contribution in [2.75, 3.05) is 6.54 Å². The average Bonchev–Trinajstić information content (AvgIpc) is 2.50. The number of hydrogen-bond acceptors (Lipinski definition) is 4. The molecule has 0 aliphatic carbocycles. The van der Waals surface area contributed by atoms with Crippen LogP contribution in [-0.4, -0.2) is 30.1 Å². The van der Waals surface area contributed by atoms with Crippen molar-refractivity contribution in [2.24, 2.45) is 11.7 Å². The highest BCUT2D eigenvalue weighted by Gasteiger charge is 2.37. The Kier molecular flexibility index (Phi) is 4.73. The van der Waals surface area contributed by atoms with E-state index in [1.165, 1.54) is 6.92 Å². The summed E-state index contributed by atoms with van der Waals surface area (Å²) in [5, 5.41) is 2.79. The summed E-state index contributed by atoms with van der Waals surface area (Å²) in [6.45, 7) is 1.76. The number of Topliss-reactive ketones (excluding diaryl/α,β-unsaturated/α-hetero) is 2. The average molecular weight is 221 g/mol. The number of ketones is 2. The minimum Gasteiger partial charge on any atom is -0.368 e. The van der Waals surface area contributed by atoms with Crippen molar-refractivity contribution in [3.8, 4) is 0 Å². The highest BCUT2D eigenvalue weighted by atomic mass is 35.5. The van der Waals surface area contributed by atoms with Crippen LogP contribution >= 0.6 is 12.4 Å². The van der Waals surface area contributed by atoms with Crippen LogP contribution in [-0.2, 0) is 14.4 Å². The first-order valence-corrected chi connectivity index (χ1v) is 4.11. The van der Waals surface area contributed by atoms with E-state index in [9.17, 15) is 14.4 Å². The lowest BCUT2D eigenvalue weighted by atomic mass is 9.93. The van der Waals surface area contributed by atoms with Crippen molar-refractivity contribution in [2.45, 2.75) is 19.4 Å². The van der Waals surface area contributed by atoms with Crippen molar-refractivity contribution in [3.05, 3.63) is 0 Å². The second-order valence-corrected chi connectivity index (χ2v) is 3.15. The van der Waals surface area contributed by atoms with Gasteiger partial charge in [-0.25, -0.2) is 0 Å². The third-order valence-corrected chi connectivity index (χ3v) is 2.21. The second kappa shape index (κ2) is 5.07. The van der Waals surface area contributed by atoms with Crippen LogP contribution in [0.15, 0.2) is 0 Å².